The summed E-state index contributed by atoms with van der Waals surface area (Å²) in [5.74, 6) is 0.0424. The molecule has 3 aromatic rings. The Bertz CT molecular complexity index is 789. The summed E-state index contributed by atoms with van der Waals surface area (Å²) in [6, 6.07) is 7.65. The average molecular weight is 316 g/mol. The highest BCUT2D eigenvalue weighted by Crippen LogP contribution is 2.28. The van der Waals surface area contributed by atoms with Crippen molar-refractivity contribution in [2.75, 3.05) is 11.9 Å². The molecule has 1 N–H and O–H groups in total. The van der Waals surface area contributed by atoms with Crippen LogP contribution in [0.2, 0.25) is 0 Å². The Balaban J connectivity index is 1.51. The number of carbonyl (C=O) groups is 1. The van der Waals surface area contributed by atoms with Crippen LogP contribution in [-0.4, -0.2) is 27.7 Å². The Morgan fingerprint density at radius 3 is 3.05 bits per heavy atom. The molecule has 1 aliphatic heterocycles. The molecule has 1 aliphatic rings. The number of nitrogens with one attached hydrogen (secondary N) is 1. The zero-order valence-corrected chi connectivity index (χ0v) is 12.3. The third kappa shape index (κ3) is 2.46. The molecule has 2 aromatic heterocycles. The second-order valence-electron chi connectivity index (χ2n) is 4.89. The van der Waals surface area contributed by atoms with E-state index in [9.17, 15) is 4.79 Å². The highest BCUT2D eigenvalue weighted by atomic mass is 32.1. The van der Waals surface area contributed by atoms with Crippen molar-refractivity contribution < 1.29 is 13.9 Å². The van der Waals surface area contributed by atoms with Gasteiger partial charge in [-0.1, -0.05) is 17.2 Å². The highest BCUT2D eigenvalue weighted by Gasteiger charge is 2.24. The first-order chi connectivity index (χ1) is 10.8. The lowest BCUT2D eigenvalue weighted by Gasteiger charge is -2.01. The number of nitrogens with zero attached hydrogens (tertiary/aromatic N) is 3. The molecule has 0 aliphatic carbocycles. The van der Waals surface area contributed by atoms with Crippen LogP contribution in [-0.2, 0) is 4.74 Å². The lowest BCUT2D eigenvalue weighted by Crippen LogP contribution is -2.11. The van der Waals surface area contributed by atoms with Crippen LogP contribution in [0.3, 0.4) is 0 Å². The summed E-state index contributed by atoms with van der Waals surface area (Å²) in [4.78, 5) is 16.5. The summed E-state index contributed by atoms with van der Waals surface area (Å²) >= 11 is 1.32. The average Bonchev–Trinajstić information content (AvgIpc) is 3.26. The number of ether oxygens (including phenoxy) is 1. The molecule has 22 heavy (non-hydrogen) atoms. The largest absolute Gasteiger partial charge is 0.405 e. The topological polar surface area (TPSA) is 90.1 Å². The molecule has 4 rings (SSSR count). The number of amides is 1. The van der Waals surface area contributed by atoms with E-state index in [0.29, 0.717) is 17.5 Å². The summed E-state index contributed by atoms with van der Waals surface area (Å²) < 4.78 is 11.9. The van der Waals surface area contributed by atoms with E-state index in [0.717, 1.165) is 23.1 Å². The first kappa shape index (κ1) is 13.4. The molecule has 1 fully saturated rings. The third-order valence-corrected chi connectivity index (χ3v) is 4.39. The van der Waals surface area contributed by atoms with Gasteiger partial charge in [0.05, 0.1) is 10.2 Å². The van der Waals surface area contributed by atoms with Gasteiger partial charge in [-0.05, 0) is 25.0 Å². The standard InChI is InChI=1S/C14H12N4O3S/c19-11(13-15-8-4-1-2-6-10(8)22-13)16-14-18-17-12(21-14)9-5-3-7-20-9/h1-2,4,6,9H,3,5,7H2,(H,16,18,19). The first-order valence-corrected chi connectivity index (χ1v) is 7.73. The number of benzene rings is 1. The number of hydrogen-bond acceptors (Lipinski definition) is 7. The third-order valence-electron chi connectivity index (χ3n) is 3.35. The molecule has 1 unspecified atom stereocenters. The molecule has 112 valence electrons. The van der Waals surface area contributed by atoms with Gasteiger partial charge in [0.1, 0.15) is 6.10 Å². The van der Waals surface area contributed by atoms with Crippen molar-refractivity contribution in [1.29, 1.82) is 0 Å². The molecular weight excluding hydrogens is 304 g/mol. The van der Waals surface area contributed by atoms with E-state index in [1.54, 1.807) is 0 Å². The van der Waals surface area contributed by atoms with E-state index in [1.807, 2.05) is 24.3 Å². The van der Waals surface area contributed by atoms with Crippen LogP contribution in [0.25, 0.3) is 10.2 Å². The molecule has 0 spiro atoms. The van der Waals surface area contributed by atoms with Crippen LogP contribution < -0.4 is 5.32 Å². The Morgan fingerprint density at radius 1 is 1.32 bits per heavy atom. The van der Waals surface area contributed by atoms with Crippen molar-refractivity contribution >= 4 is 33.5 Å². The summed E-state index contributed by atoms with van der Waals surface area (Å²) in [6.07, 6.45) is 1.66. The summed E-state index contributed by atoms with van der Waals surface area (Å²) in [5.41, 5.74) is 0.795. The van der Waals surface area contributed by atoms with E-state index >= 15 is 0 Å². The minimum Gasteiger partial charge on any atom is -0.405 e. The minimum absolute atomic E-state index is 0.0646. The Morgan fingerprint density at radius 2 is 2.23 bits per heavy atom. The van der Waals surface area contributed by atoms with Crippen LogP contribution in [0.4, 0.5) is 6.01 Å². The first-order valence-electron chi connectivity index (χ1n) is 6.91. The molecule has 0 bridgehead atoms. The molecule has 1 aromatic carbocycles. The van der Waals surface area contributed by atoms with E-state index in [2.05, 4.69) is 20.5 Å². The van der Waals surface area contributed by atoms with E-state index < -0.39 is 0 Å². The van der Waals surface area contributed by atoms with Gasteiger partial charge >= 0.3 is 6.01 Å². The molecule has 1 amide bonds. The van der Waals surface area contributed by atoms with Gasteiger partial charge in [-0.2, -0.15) is 0 Å². The zero-order chi connectivity index (χ0) is 14.9. The molecule has 1 atom stereocenters. The summed E-state index contributed by atoms with van der Waals surface area (Å²) in [7, 11) is 0. The van der Waals surface area contributed by atoms with Crippen LogP contribution in [0.5, 0.6) is 0 Å². The van der Waals surface area contributed by atoms with Gasteiger partial charge in [0.2, 0.25) is 5.89 Å². The zero-order valence-electron chi connectivity index (χ0n) is 11.5. The number of carbonyl (C=O) groups excluding carboxylic acids is 1. The number of rotatable bonds is 3. The van der Waals surface area contributed by atoms with Gasteiger partial charge in [0.25, 0.3) is 5.91 Å². The molecule has 7 nitrogen and oxygen atoms in total. The van der Waals surface area contributed by atoms with Crippen molar-refractivity contribution in [3.8, 4) is 0 Å². The van der Waals surface area contributed by atoms with Gasteiger partial charge in [0, 0.05) is 6.61 Å². The predicted molar refractivity (Wildman–Crippen MR) is 79.8 cm³/mol. The van der Waals surface area contributed by atoms with E-state index in [-0.39, 0.29) is 18.0 Å². The van der Waals surface area contributed by atoms with Crippen LogP contribution in [0, 0.1) is 0 Å². The maximum atomic E-state index is 12.2. The van der Waals surface area contributed by atoms with Crippen molar-refractivity contribution in [1.82, 2.24) is 15.2 Å². The lowest BCUT2D eigenvalue weighted by atomic mass is 10.2. The SMILES string of the molecule is O=C(Nc1nnc(C2CCCO2)o1)c1nc2ccccc2s1. The molecule has 1 saturated heterocycles. The fourth-order valence-electron chi connectivity index (χ4n) is 2.31. The van der Waals surface area contributed by atoms with Crippen LogP contribution in [0.15, 0.2) is 28.7 Å². The van der Waals surface area contributed by atoms with Gasteiger partial charge in [-0.15, -0.1) is 16.4 Å². The lowest BCUT2D eigenvalue weighted by molar-refractivity contribution is 0.0893. The Hall–Kier alpha value is -2.32. The molecular formula is C14H12N4O3S. The number of aromatic nitrogens is 3. The van der Waals surface area contributed by atoms with Gasteiger partial charge in [-0.25, -0.2) is 4.98 Å². The van der Waals surface area contributed by atoms with Crippen molar-refractivity contribution in [2.24, 2.45) is 0 Å². The Labute approximate surface area is 129 Å². The fraction of sp³-hybridized carbons (Fsp3) is 0.286. The van der Waals surface area contributed by atoms with Crippen molar-refractivity contribution in [2.45, 2.75) is 18.9 Å². The van der Waals surface area contributed by atoms with Gasteiger partial charge < -0.3 is 9.15 Å². The number of anilines is 1. The van der Waals surface area contributed by atoms with Crippen LogP contribution in [0.1, 0.15) is 34.6 Å². The molecule has 8 heteroatoms. The second kappa shape index (κ2) is 5.47. The molecule has 0 radical (unpaired) electrons. The van der Waals surface area contributed by atoms with Gasteiger partial charge in [0.15, 0.2) is 5.01 Å². The van der Waals surface area contributed by atoms with Crippen LogP contribution >= 0.6 is 11.3 Å². The van der Waals surface area contributed by atoms with E-state index in [1.165, 1.54) is 11.3 Å². The van der Waals surface area contributed by atoms with E-state index in [4.69, 9.17) is 9.15 Å². The molecule has 0 saturated carbocycles. The van der Waals surface area contributed by atoms with Crippen molar-refractivity contribution in [3.05, 3.63) is 35.2 Å². The fourth-order valence-corrected chi connectivity index (χ4v) is 3.17. The predicted octanol–water partition coefficient (Wildman–Crippen LogP) is 2.78. The maximum absolute atomic E-state index is 12.2. The molecule has 3 heterocycles. The quantitative estimate of drug-likeness (QED) is 0.799. The number of hydrogen-bond donors (Lipinski definition) is 1. The number of thiazole rings is 1. The highest BCUT2D eigenvalue weighted by molar-refractivity contribution is 7.20. The van der Waals surface area contributed by atoms with Crippen molar-refractivity contribution in [3.63, 3.8) is 0 Å². The normalized spacial score (nSPS) is 17.9. The second-order valence-corrected chi connectivity index (χ2v) is 5.92. The number of para-hydroxylation sites is 1. The minimum atomic E-state index is -0.358. The van der Waals surface area contributed by atoms with Gasteiger partial charge in [-0.3, -0.25) is 10.1 Å². The summed E-state index contributed by atoms with van der Waals surface area (Å²) in [6.45, 7) is 0.695. The smallest absolute Gasteiger partial charge is 0.322 e. The summed E-state index contributed by atoms with van der Waals surface area (Å²) in [5, 5.41) is 10.7. The Kier molecular flexibility index (Phi) is 3.32. The monoisotopic (exact) mass is 316 g/mol. The maximum Gasteiger partial charge on any atom is 0.322 e. The number of fused-ring (bicyclic) bond motifs is 1.